The van der Waals surface area contributed by atoms with Gasteiger partial charge in [-0.15, -0.1) is 0 Å². The number of benzene rings is 2. The third-order valence-electron chi connectivity index (χ3n) is 3.20. The number of nitrogens with zero attached hydrogens (tertiary/aromatic N) is 2. The van der Waals surface area contributed by atoms with Gasteiger partial charge in [0.1, 0.15) is 17.3 Å². The Morgan fingerprint density at radius 3 is 2.28 bits per heavy atom. The fourth-order valence-corrected chi connectivity index (χ4v) is 2.20. The zero-order chi connectivity index (χ0) is 17.8. The van der Waals surface area contributed by atoms with Crippen molar-refractivity contribution in [3.05, 3.63) is 77.1 Å². The first-order valence-electron chi connectivity index (χ1n) is 7.13. The van der Waals surface area contributed by atoms with Gasteiger partial charge in [0.2, 0.25) is 5.95 Å². The number of hydrogen-bond donors (Lipinski definition) is 2. The molecule has 25 heavy (non-hydrogen) atoms. The first kappa shape index (κ1) is 16.8. The zero-order valence-electron chi connectivity index (χ0n) is 12.6. The topological polar surface area (TPSA) is 66.9 Å². The molecule has 8 heteroatoms. The highest BCUT2D eigenvalue weighted by atomic mass is 35.5. The van der Waals surface area contributed by atoms with Crippen molar-refractivity contribution in [1.82, 2.24) is 9.97 Å². The fraction of sp³-hybridized carbons (Fsp3) is 0. The summed E-state index contributed by atoms with van der Waals surface area (Å²) in [5, 5.41) is 5.63. The Hall–Kier alpha value is -3.06. The van der Waals surface area contributed by atoms with Crippen LogP contribution >= 0.6 is 11.6 Å². The first-order valence-corrected chi connectivity index (χ1v) is 7.51. The molecule has 2 N–H and O–H groups in total. The van der Waals surface area contributed by atoms with Gasteiger partial charge >= 0.3 is 0 Å². The number of amides is 1. The van der Waals surface area contributed by atoms with Crippen LogP contribution in [0.4, 0.5) is 26.1 Å². The van der Waals surface area contributed by atoms with Crippen molar-refractivity contribution in [2.24, 2.45) is 0 Å². The predicted molar refractivity (Wildman–Crippen MR) is 91.1 cm³/mol. The second-order valence-corrected chi connectivity index (χ2v) is 5.42. The van der Waals surface area contributed by atoms with Crippen LogP contribution in [-0.4, -0.2) is 15.9 Å². The maximum atomic E-state index is 13.6. The Morgan fingerprint density at radius 2 is 1.64 bits per heavy atom. The van der Waals surface area contributed by atoms with E-state index in [0.29, 0.717) is 10.7 Å². The van der Waals surface area contributed by atoms with E-state index in [9.17, 15) is 13.6 Å². The van der Waals surface area contributed by atoms with E-state index in [0.717, 1.165) is 12.1 Å². The molecule has 0 aliphatic heterocycles. The second kappa shape index (κ2) is 7.23. The van der Waals surface area contributed by atoms with Crippen molar-refractivity contribution in [3.63, 3.8) is 0 Å². The van der Waals surface area contributed by atoms with E-state index in [2.05, 4.69) is 20.6 Å². The van der Waals surface area contributed by atoms with Gasteiger partial charge in [0.05, 0.1) is 5.56 Å². The lowest BCUT2D eigenvalue weighted by Crippen LogP contribution is -2.15. The number of halogens is 3. The van der Waals surface area contributed by atoms with E-state index in [1.54, 1.807) is 24.3 Å². The Balaban J connectivity index is 1.72. The van der Waals surface area contributed by atoms with E-state index in [1.807, 2.05) is 0 Å². The lowest BCUT2D eigenvalue weighted by Gasteiger charge is -2.08. The van der Waals surface area contributed by atoms with Gasteiger partial charge in [0.15, 0.2) is 0 Å². The van der Waals surface area contributed by atoms with Gasteiger partial charge in [0.25, 0.3) is 5.91 Å². The maximum absolute atomic E-state index is 13.6. The number of carbonyl (C=O) groups is 1. The summed E-state index contributed by atoms with van der Waals surface area (Å²) in [7, 11) is 0. The largest absolute Gasteiger partial charge is 0.324 e. The molecule has 1 heterocycles. The Labute approximate surface area is 146 Å². The number of carbonyl (C=O) groups excluding carboxylic acids is 1. The average molecular weight is 361 g/mol. The van der Waals surface area contributed by atoms with Crippen LogP contribution in [0.2, 0.25) is 5.02 Å². The van der Waals surface area contributed by atoms with Crippen molar-refractivity contribution >= 4 is 34.8 Å². The summed E-state index contributed by atoms with van der Waals surface area (Å²) in [6.07, 6.45) is 2.49. The van der Waals surface area contributed by atoms with Gasteiger partial charge in [-0.3, -0.25) is 4.79 Å². The van der Waals surface area contributed by atoms with Crippen LogP contribution in [0.25, 0.3) is 0 Å². The summed E-state index contributed by atoms with van der Waals surface area (Å²) in [6, 6.07) is 10.3. The molecule has 3 rings (SSSR count). The third kappa shape index (κ3) is 4.07. The van der Waals surface area contributed by atoms with Crippen molar-refractivity contribution in [1.29, 1.82) is 0 Å². The molecule has 0 aliphatic carbocycles. The number of nitrogens with one attached hydrogen (secondary N) is 2. The molecular weight excluding hydrogens is 350 g/mol. The van der Waals surface area contributed by atoms with Crippen LogP contribution in [0, 0.1) is 11.6 Å². The van der Waals surface area contributed by atoms with Crippen molar-refractivity contribution in [2.45, 2.75) is 0 Å². The van der Waals surface area contributed by atoms with E-state index in [-0.39, 0.29) is 11.5 Å². The molecule has 126 valence electrons. The summed E-state index contributed by atoms with van der Waals surface area (Å²) < 4.78 is 27.1. The summed E-state index contributed by atoms with van der Waals surface area (Å²) in [5.74, 6) is -2.21. The molecule has 3 aromatic rings. The predicted octanol–water partition coefficient (Wildman–Crippen LogP) is 4.40. The van der Waals surface area contributed by atoms with Crippen LogP contribution in [-0.2, 0) is 0 Å². The minimum absolute atomic E-state index is 0.0549. The number of para-hydroxylation sites is 1. The van der Waals surface area contributed by atoms with Gasteiger partial charge in [0, 0.05) is 23.1 Å². The van der Waals surface area contributed by atoms with Gasteiger partial charge in [-0.2, -0.15) is 0 Å². The molecule has 0 saturated heterocycles. The van der Waals surface area contributed by atoms with Gasteiger partial charge in [-0.05, 0) is 30.3 Å². The monoisotopic (exact) mass is 360 g/mol. The molecule has 0 atom stereocenters. The molecule has 0 radical (unpaired) electrons. The standard InChI is InChI=1S/C17H11ClF2N4O/c18-11-3-1-4-12(7-11)23-17-21-8-10(9-22-17)16(25)24-15-13(19)5-2-6-14(15)20/h1-9H,(H,24,25)(H,21,22,23). The molecule has 1 aromatic heterocycles. The third-order valence-corrected chi connectivity index (χ3v) is 3.43. The summed E-state index contributed by atoms with van der Waals surface area (Å²) in [5.41, 5.74) is 0.214. The van der Waals surface area contributed by atoms with E-state index in [4.69, 9.17) is 11.6 Å². The van der Waals surface area contributed by atoms with Crippen molar-refractivity contribution < 1.29 is 13.6 Å². The molecule has 5 nitrogen and oxygen atoms in total. The molecular formula is C17H11ClF2N4O. The van der Waals surface area contributed by atoms with Crippen molar-refractivity contribution in [3.8, 4) is 0 Å². The van der Waals surface area contributed by atoms with E-state index in [1.165, 1.54) is 18.5 Å². The van der Waals surface area contributed by atoms with Crippen LogP contribution in [0.1, 0.15) is 10.4 Å². The van der Waals surface area contributed by atoms with Crippen LogP contribution < -0.4 is 10.6 Å². The normalized spacial score (nSPS) is 10.4. The van der Waals surface area contributed by atoms with E-state index < -0.39 is 23.2 Å². The quantitative estimate of drug-likeness (QED) is 0.723. The van der Waals surface area contributed by atoms with Crippen molar-refractivity contribution in [2.75, 3.05) is 10.6 Å². The summed E-state index contributed by atoms with van der Waals surface area (Å²) in [6.45, 7) is 0. The highest BCUT2D eigenvalue weighted by Crippen LogP contribution is 2.20. The van der Waals surface area contributed by atoms with Crippen LogP contribution in [0.3, 0.4) is 0 Å². The number of anilines is 3. The van der Waals surface area contributed by atoms with E-state index >= 15 is 0 Å². The Bertz CT molecular complexity index is 899. The molecule has 0 unspecified atom stereocenters. The highest BCUT2D eigenvalue weighted by Gasteiger charge is 2.14. The maximum Gasteiger partial charge on any atom is 0.258 e. The molecule has 0 aliphatic rings. The van der Waals surface area contributed by atoms with Crippen LogP contribution in [0.5, 0.6) is 0 Å². The van der Waals surface area contributed by atoms with Gasteiger partial charge < -0.3 is 10.6 Å². The Kier molecular flexibility index (Phi) is 4.85. The fourth-order valence-electron chi connectivity index (χ4n) is 2.01. The first-order chi connectivity index (χ1) is 12.0. The summed E-state index contributed by atoms with van der Waals surface area (Å²) >= 11 is 5.89. The number of aromatic nitrogens is 2. The Morgan fingerprint density at radius 1 is 1.00 bits per heavy atom. The second-order valence-electron chi connectivity index (χ2n) is 4.98. The highest BCUT2D eigenvalue weighted by molar-refractivity contribution is 6.30. The lowest BCUT2D eigenvalue weighted by atomic mass is 10.2. The molecule has 0 bridgehead atoms. The minimum atomic E-state index is -0.867. The smallest absolute Gasteiger partial charge is 0.258 e. The summed E-state index contributed by atoms with van der Waals surface area (Å²) in [4.78, 5) is 20.1. The average Bonchev–Trinajstić information content (AvgIpc) is 2.59. The number of rotatable bonds is 4. The lowest BCUT2D eigenvalue weighted by molar-refractivity contribution is 0.102. The molecule has 0 fully saturated rings. The molecule has 1 amide bonds. The van der Waals surface area contributed by atoms with Gasteiger partial charge in [-0.25, -0.2) is 18.7 Å². The van der Waals surface area contributed by atoms with Gasteiger partial charge in [-0.1, -0.05) is 23.7 Å². The number of hydrogen-bond acceptors (Lipinski definition) is 4. The molecule has 0 spiro atoms. The molecule has 2 aromatic carbocycles. The van der Waals surface area contributed by atoms with Crippen LogP contribution in [0.15, 0.2) is 54.9 Å². The molecule has 0 saturated carbocycles. The SMILES string of the molecule is O=C(Nc1c(F)cccc1F)c1cnc(Nc2cccc(Cl)c2)nc1. The zero-order valence-corrected chi connectivity index (χ0v) is 13.4. The minimum Gasteiger partial charge on any atom is -0.324 e.